The van der Waals surface area contributed by atoms with Crippen molar-refractivity contribution in [3.8, 4) is 0 Å². The van der Waals surface area contributed by atoms with Gasteiger partial charge in [-0.05, 0) is 27.4 Å². The molecule has 1 heterocycles. The Balaban J connectivity index is 0. The number of nitrogens with zero attached hydrogens (tertiary/aromatic N) is 1. The van der Waals surface area contributed by atoms with Crippen LogP contribution in [0.15, 0.2) is 0 Å². The molecule has 0 aliphatic carbocycles. The third-order valence-electron chi connectivity index (χ3n) is 2.45. The Morgan fingerprint density at radius 1 is 1.06 bits per heavy atom. The van der Waals surface area contributed by atoms with E-state index in [2.05, 4.69) is 25.9 Å². The molecule has 16 heavy (non-hydrogen) atoms. The fourth-order valence-corrected chi connectivity index (χ4v) is 1.65. The maximum Gasteiger partial charge on any atom is 0.159 e. The molecule has 0 unspecified atom stereocenters. The Kier molecular flexibility index (Phi) is 13.0. The van der Waals surface area contributed by atoms with Gasteiger partial charge in [-0.25, -0.2) is 0 Å². The molecule has 3 heteroatoms. The van der Waals surface area contributed by atoms with Crippen LogP contribution in [0.2, 0.25) is 0 Å². The summed E-state index contributed by atoms with van der Waals surface area (Å²) in [5.41, 5.74) is 0. The van der Waals surface area contributed by atoms with E-state index in [1.165, 1.54) is 0 Å². The largest absolute Gasteiger partial charge is 0.356 e. The van der Waals surface area contributed by atoms with Crippen LogP contribution < -0.4 is 0 Å². The van der Waals surface area contributed by atoms with E-state index in [9.17, 15) is 0 Å². The minimum absolute atomic E-state index is 0.0128. The van der Waals surface area contributed by atoms with Gasteiger partial charge in [-0.3, -0.25) is 0 Å². The van der Waals surface area contributed by atoms with Crippen molar-refractivity contribution >= 4 is 0 Å². The minimum Gasteiger partial charge on any atom is -0.356 e. The molecule has 1 saturated heterocycles. The fraction of sp³-hybridized carbons (Fsp3) is 1.00. The lowest BCUT2D eigenvalue weighted by Gasteiger charge is -2.36. The first-order valence-electron chi connectivity index (χ1n) is 6.48. The highest BCUT2D eigenvalue weighted by atomic mass is 16.7. The van der Waals surface area contributed by atoms with Gasteiger partial charge in [-0.15, -0.1) is 0 Å². The summed E-state index contributed by atoms with van der Waals surface area (Å²) in [5, 5.41) is 0. The summed E-state index contributed by atoms with van der Waals surface area (Å²) in [7, 11) is 5.92. The zero-order chi connectivity index (χ0) is 13.1. The summed E-state index contributed by atoms with van der Waals surface area (Å²) in [4.78, 5) is 2.24. The Labute approximate surface area is 102 Å². The second-order valence-electron chi connectivity index (χ2n) is 3.70. The van der Waals surface area contributed by atoms with Gasteiger partial charge in [0.25, 0.3) is 0 Å². The Bertz CT molecular complexity index is 140. The summed E-state index contributed by atoms with van der Waals surface area (Å²) in [6.45, 7) is 10.1. The number of methoxy groups -OCH3 is 1. The van der Waals surface area contributed by atoms with Crippen molar-refractivity contribution in [2.24, 2.45) is 0 Å². The second kappa shape index (κ2) is 11.4. The van der Waals surface area contributed by atoms with E-state index in [4.69, 9.17) is 9.47 Å². The lowest BCUT2D eigenvalue weighted by molar-refractivity contribution is -0.188. The molecule has 0 radical (unpaired) electrons. The van der Waals surface area contributed by atoms with Crippen molar-refractivity contribution in [2.75, 3.05) is 21.2 Å². The predicted octanol–water partition coefficient (Wildman–Crippen LogP) is 3.14. The van der Waals surface area contributed by atoms with Gasteiger partial charge >= 0.3 is 0 Å². The van der Waals surface area contributed by atoms with E-state index in [0.717, 1.165) is 12.8 Å². The Hall–Kier alpha value is -0.120. The van der Waals surface area contributed by atoms with Crippen LogP contribution in [0.3, 0.4) is 0 Å². The molecule has 0 aromatic rings. The van der Waals surface area contributed by atoms with Crippen molar-refractivity contribution in [3.05, 3.63) is 0 Å². The molecule has 100 valence electrons. The number of hydrogen-bond acceptors (Lipinski definition) is 3. The second-order valence-corrected chi connectivity index (χ2v) is 3.70. The highest BCUT2D eigenvalue weighted by molar-refractivity contribution is 4.76. The molecule has 0 aromatic carbocycles. The molecule has 1 fully saturated rings. The molecular weight excluding hydrogens is 202 g/mol. The average Bonchev–Trinajstić information content (AvgIpc) is 2.33. The smallest absolute Gasteiger partial charge is 0.159 e. The topological polar surface area (TPSA) is 21.7 Å². The van der Waals surface area contributed by atoms with Gasteiger partial charge in [0.05, 0.1) is 6.10 Å². The van der Waals surface area contributed by atoms with Gasteiger partial charge in [0.15, 0.2) is 6.29 Å². The SMILES string of the molecule is CC.CC.CO[C@H]1C[C@@H](N(C)C)C[C@@H](C)O1. The summed E-state index contributed by atoms with van der Waals surface area (Å²) < 4.78 is 10.8. The summed E-state index contributed by atoms with van der Waals surface area (Å²) in [6.07, 6.45) is 2.39. The van der Waals surface area contributed by atoms with Crippen molar-refractivity contribution < 1.29 is 9.47 Å². The quantitative estimate of drug-likeness (QED) is 0.731. The number of hydrogen-bond donors (Lipinski definition) is 0. The van der Waals surface area contributed by atoms with Crippen LogP contribution in [-0.4, -0.2) is 44.5 Å². The van der Waals surface area contributed by atoms with Gasteiger partial charge in [-0.1, -0.05) is 27.7 Å². The maximum atomic E-state index is 5.57. The van der Waals surface area contributed by atoms with E-state index < -0.39 is 0 Å². The van der Waals surface area contributed by atoms with Crippen molar-refractivity contribution in [3.63, 3.8) is 0 Å². The van der Waals surface area contributed by atoms with E-state index in [1.807, 2.05) is 27.7 Å². The standard InChI is InChI=1S/C9H19NO2.2C2H6/c1-7-5-8(10(2)3)6-9(11-4)12-7;2*1-2/h7-9H,5-6H2,1-4H3;2*1-2H3/t7-,8+,9-;;/m1../s1. The maximum absolute atomic E-state index is 5.57. The van der Waals surface area contributed by atoms with Gasteiger partial charge in [0, 0.05) is 19.6 Å². The normalized spacial score (nSPS) is 28.7. The highest BCUT2D eigenvalue weighted by Crippen LogP contribution is 2.22. The van der Waals surface area contributed by atoms with E-state index in [1.54, 1.807) is 7.11 Å². The number of ether oxygens (including phenoxy) is 2. The molecular formula is C13H31NO2. The Morgan fingerprint density at radius 3 is 1.94 bits per heavy atom. The third kappa shape index (κ3) is 7.20. The zero-order valence-electron chi connectivity index (χ0n) is 12.4. The van der Waals surface area contributed by atoms with Gasteiger partial charge in [0.2, 0.25) is 0 Å². The van der Waals surface area contributed by atoms with Crippen LogP contribution in [0, 0.1) is 0 Å². The lowest BCUT2D eigenvalue weighted by Crippen LogP contribution is -2.42. The van der Waals surface area contributed by atoms with Crippen molar-refractivity contribution in [1.82, 2.24) is 4.90 Å². The number of rotatable bonds is 2. The van der Waals surface area contributed by atoms with Crippen LogP contribution in [-0.2, 0) is 9.47 Å². The highest BCUT2D eigenvalue weighted by Gasteiger charge is 2.27. The van der Waals surface area contributed by atoms with Crippen LogP contribution in [0.4, 0.5) is 0 Å². The third-order valence-corrected chi connectivity index (χ3v) is 2.45. The molecule has 1 aliphatic heterocycles. The van der Waals surface area contributed by atoms with Gasteiger partial charge in [-0.2, -0.15) is 0 Å². The summed E-state index contributed by atoms with van der Waals surface area (Å²) in [6, 6.07) is 0.596. The fourth-order valence-electron chi connectivity index (χ4n) is 1.65. The van der Waals surface area contributed by atoms with Gasteiger partial charge < -0.3 is 14.4 Å². The molecule has 3 atom stereocenters. The average molecular weight is 233 g/mol. The molecule has 1 aliphatic rings. The molecule has 0 bridgehead atoms. The van der Waals surface area contributed by atoms with Crippen LogP contribution in [0.1, 0.15) is 47.5 Å². The minimum atomic E-state index is -0.0128. The van der Waals surface area contributed by atoms with Gasteiger partial charge in [0.1, 0.15) is 0 Å². The van der Waals surface area contributed by atoms with E-state index in [0.29, 0.717) is 12.1 Å². The first-order chi connectivity index (χ1) is 7.63. The molecule has 0 N–H and O–H groups in total. The summed E-state index contributed by atoms with van der Waals surface area (Å²) >= 11 is 0. The predicted molar refractivity (Wildman–Crippen MR) is 70.7 cm³/mol. The Morgan fingerprint density at radius 2 is 1.56 bits per heavy atom. The zero-order valence-corrected chi connectivity index (χ0v) is 12.4. The first kappa shape index (κ1) is 18.3. The first-order valence-corrected chi connectivity index (χ1v) is 6.48. The van der Waals surface area contributed by atoms with Crippen molar-refractivity contribution in [1.29, 1.82) is 0 Å². The molecule has 1 rings (SSSR count). The van der Waals surface area contributed by atoms with Crippen molar-refractivity contribution in [2.45, 2.75) is 65.9 Å². The molecule has 0 aromatic heterocycles. The van der Waals surface area contributed by atoms with E-state index in [-0.39, 0.29) is 6.29 Å². The van der Waals surface area contributed by atoms with Crippen LogP contribution >= 0.6 is 0 Å². The van der Waals surface area contributed by atoms with E-state index >= 15 is 0 Å². The van der Waals surface area contributed by atoms with Crippen LogP contribution in [0.25, 0.3) is 0 Å². The summed E-state index contributed by atoms with van der Waals surface area (Å²) in [5.74, 6) is 0. The van der Waals surface area contributed by atoms with Crippen LogP contribution in [0.5, 0.6) is 0 Å². The monoisotopic (exact) mass is 233 g/mol. The molecule has 0 saturated carbocycles. The molecule has 3 nitrogen and oxygen atoms in total. The lowest BCUT2D eigenvalue weighted by atomic mass is 10.0. The molecule has 0 amide bonds. The molecule has 0 spiro atoms.